The zero-order valence-corrected chi connectivity index (χ0v) is 12.8. The van der Waals surface area contributed by atoms with Crippen LogP contribution in [-0.2, 0) is 0 Å². The van der Waals surface area contributed by atoms with E-state index in [2.05, 4.69) is 43.5 Å². The van der Waals surface area contributed by atoms with Gasteiger partial charge in [0.25, 0.3) is 0 Å². The van der Waals surface area contributed by atoms with Crippen molar-refractivity contribution in [1.82, 2.24) is 9.97 Å². The van der Waals surface area contributed by atoms with E-state index < -0.39 is 0 Å². The predicted octanol–water partition coefficient (Wildman–Crippen LogP) is 2.78. The molecule has 19 heavy (non-hydrogen) atoms. The number of aromatic nitrogens is 2. The molecule has 0 aromatic carbocycles. The van der Waals surface area contributed by atoms with E-state index in [0.717, 1.165) is 48.9 Å². The summed E-state index contributed by atoms with van der Waals surface area (Å²) in [6.07, 6.45) is 6.37. The van der Waals surface area contributed by atoms with Crippen molar-refractivity contribution in [2.45, 2.75) is 51.2 Å². The Kier molecular flexibility index (Phi) is 5.39. The Bertz CT molecular complexity index is 408. The van der Waals surface area contributed by atoms with E-state index in [0.29, 0.717) is 12.0 Å². The van der Waals surface area contributed by atoms with Gasteiger partial charge in [-0.2, -0.15) is 4.98 Å². The monoisotopic (exact) mass is 328 g/mol. The van der Waals surface area contributed by atoms with Crippen LogP contribution in [0.4, 0.5) is 11.8 Å². The molecule has 0 radical (unpaired) electrons. The van der Waals surface area contributed by atoms with E-state index in [1.165, 1.54) is 0 Å². The van der Waals surface area contributed by atoms with Crippen LogP contribution in [0.25, 0.3) is 0 Å². The minimum atomic E-state index is -0.131. The third kappa shape index (κ3) is 4.31. The Morgan fingerprint density at radius 2 is 2.11 bits per heavy atom. The fourth-order valence-corrected chi connectivity index (χ4v) is 2.51. The molecule has 3 N–H and O–H groups in total. The van der Waals surface area contributed by atoms with Gasteiger partial charge in [0.1, 0.15) is 5.82 Å². The van der Waals surface area contributed by atoms with Gasteiger partial charge in [0.2, 0.25) is 5.95 Å². The first-order chi connectivity index (χ1) is 9.19. The van der Waals surface area contributed by atoms with Crippen molar-refractivity contribution in [3.8, 4) is 0 Å². The highest BCUT2D eigenvalue weighted by molar-refractivity contribution is 9.10. The summed E-state index contributed by atoms with van der Waals surface area (Å²) in [5.74, 6) is 1.48. The largest absolute Gasteiger partial charge is 0.393 e. The zero-order chi connectivity index (χ0) is 13.7. The maximum atomic E-state index is 9.52. The minimum absolute atomic E-state index is 0.131. The van der Waals surface area contributed by atoms with Gasteiger partial charge in [0.05, 0.1) is 10.6 Å². The Morgan fingerprint density at radius 1 is 1.37 bits per heavy atom. The number of aliphatic hydroxyl groups is 1. The molecule has 2 rings (SSSR count). The van der Waals surface area contributed by atoms with Crippen molar-refractivity contribution < 1.29 is 5.11 Å². The molecule has 0 aliphatic heterocycles. The number of hydrogen-bond donors (Lipinski definition) is 3. The third-order valence-corrected chi connectivity index (χ3v) is 3.90. The zero-order valence-electron chi connectivity index (χ0n) is 11.2. The summed E-state index contributed by atoms with van der Waals surface area (Å²) in [4.78, 5) is 8.71. The Balaban J connectivity index is 1.98. The number of nitrogens with one attached hydrogen (secondary N) is 2. The molecule has 1 heterocycles. The van der Waals surface area contributed by atoms with Crippen LogP contribution in [0.15, 0.2) is 10.7 Å². The molecular weight excluding hydrogens is 308 g/mol. The lowest BCUT2D eigenvalue weighted by Crippen LogP contribution is -2.28. The lowest BCUT2D eigenvalue weighted by molar-refractivity contribution is 0.126. The molecule has 0 spiro atoms. The average molecular weight is 329 g/mol. The van der Waals surface area contributed by atoms with Gasteiger partial charge in [-0.1, -0.05) is 6.92 Å². The molecule has 0 bridgehead atoms. The summed E-state index contributed by atoms with van der Waals surface area (Å²) in [6.45, 7) is 2.98. The molecule has 0 amide bonds. The molecule has 0 unspecified atom stereocenters. The summed E-state index contributed by atoms with van der Waals surface area (Å²) >= 11 is 3.47. The van der Waals surface area contributed by atoms with Crippen molar-refractivity contribution in [3.05, 3.63) is 10.7 Å². The Morgan fingerprint density at radius 3 is 2.79 bits per heavy atom. The highest BCUT2D eigenvalue weighted by Gasteiger charge is 2.20. The van der Waals surface area contributed by atoms with E-state index in [4.69, 9.17) is 0 Å². The van der Waals surface area contributed by atoms with Crippen molar-refractivity contribution >= 4 is 27.7 Å². The van der Waals surface area contributed by atoms with Crippen LogP contribution in [0.2, 0.25) is 0 Å². The lowest BCUT2D eigenvalue weighted by Gasteiger charge is -2.27. The first-order valence-electron chi connectivity index (χ1n) is 6.90. The topological polar surface area (TPSA) is 70.1 Å². The van der Waals surface area contributed by atoms with Gasteiger partial charge in [0, 0.05) is 18.8 Å². The molecule has 1 fully saturated rings. The predicted molar refractivity (Wildman–Crippen MR) is 80.4 cm³/mol. The highest BCUT2D eigenvalue weighted by atomic mass is 79.9. The van der Waals surface area contributed by atoms with E-state index in [9.17, 15) is 5.11 Å². The van der Waals surface area contributed by atoms with Crippen molar-refractivity contribution in [3.63, 3.8) is 0 Å². The minimum Gasteiger partial charge on any atom is -0.393 e. The van der Waals surface area contributed by atoms with E-state index in [1.54, 1.807) is 6.20 Å². The van der Waals surface area contributed by atoms with Gasteiger partial charge in [-0.25, -0.2) is 4.98 Å². The molecule has 1 aliphatic carbocycles. The molecule has 1 saturated carbocycles. The maximum absolute atomic E-state index is 9.52. The van der Waals surface area contributed by atoms with Gasteiger partial charge in [-0.05, 0) is 48.0 Å². The maximum Gasteiger partial charge on any atom is 0.224 e. The highest BCUT2D eigenvalue weighted by Crippen LogP contribution is 2.26. The lowest BCUT2D eigenvalue weighted by atomic mass is 9.93. The Labute approximate surface area is 122 Å². The van der Waals surface area contributed by atoms with Crippen LogP contribution >= 0.6 is 15.9 Å². The van der Waals surface area contributed by atoms with Crippen LogP contribution in [0.5, 0.6) is 0 Å². The van der Waals surface area contributed by atoms with Crippen molar-refractivity contribution in [2.75, 3.05) is 17.2 Å². The van der Waals surface area contributed by atoms with Gasteiger partial charge in [0.15, 0.2) is 0 Å². The number of rotatable bonds is 5. The normalized spacial score (nSPS) is 23.1. The van der Waals surface area contributed by atoms with Gasteiger partial charge in [-0.3, -0.25) is 0 Å². The molecule has 1 aromatic heterocycles. The average Bonchev–Trinajstić information content (AvgIpc) is 2.42. The molecule has 1 aromatic rings. The van der Waals surface area contributed by atoms with Crippen LogP contribution in [0.1, 0.15) is 39.0 Å². The van der Waals surface area contributed by atoms with E-state index >= 15 is 0 Å². The second-order valence-electron chi connectivity index (χ2n) is 4.97. The van der Waals surface area contributed by atoms with E-state index in [1.807, 2.05) is 0 Å². The summed E-state index contributed by atoms with van der Waals surface area (Å²) in [6, 6.07) is 0.383. The first-order valence-corrected chi connectivity index (χ1v) is 7.69. The van der Waals surface area contributed by atoms with Crippen LogP contribution in [0, 0.1) is 0 Å². The molecule has 0 saturated heterocycles. The van der Waals surface area contributed by atoms with Crippen LogP contribution < -0.4 is 10.6 Å². The smallest absolute Gasteiger partial charge is 0.224 e. The van der Waals surface area contributed by atoms with Crippen molar-refractivity contribution in [1.29, 1.82) is 0 Å². The van der Waals surface area contributed by atoms with Gasteiger partial charge in [-0.15, -0.1) is 0 Å². The summed E-state index contributed by atoms with van der Waals surface area (Å²) in [5, 5.41) is 16.1. The molecule has 5 nitrogen and oxygen atoms in total. The number of halogens is 1. The van der Waals surface area contributed by atoms with Crippen LogP contribution in [-0.4, -0.2) is 33.8 Å². The quantitative estimate of drug-likeness (QED) is 0.775. The van der Waals surface area contributed by atoms with Gasteiger partial charge >= 0.3 is 0 Å². The number of hydrogen-bond acceptors (Lipinski definition) is 5. The number of anilines is 2. The molecular formula is C13H21BrN4O. The van der Waals surface area contributed by atoms with E-state index in [-0.39, 0.29) is 6.10 Å². The summed E-state index contributed by atoms with van der Waals surface area (Å²) < 4.78 is 0.876. The number of nitrogens with zero attached hydrogens (tertiary/aromatic N) is 2. The second-order valence-corrected chi connectivity index (χ2v) is 5.82. The third-order valence-electron chi connectivity index (χ3n) is 3.31. The SMILES string of the molecule is CCCNc1ncc(Br)c(NC2CCC(O)CC2)n1. The fraction of sp³-hybridized carbons (Fsp3) is 0.692. The molecule has 1 aliphatic rings. The van der Waals surface area contributed by atoms with Crippen LogP contribution in [0.3, 0.4) is 0 Å². The van der Waals surface area contributed by atoms with Gasteiger partial charge < -0.3 is 15.7 Å². The molecule has 6 heteroatoms. The molecule has 0 atom stereocenters. The first kappa shape index (κ1) is 14.5. The fourth-order valence-electron chi connectivity index (χ4n) is 2.20. The standard InChI is InChI=1S/C13H21BrN4O/c1-2-7-15-13-16-8-11(14)12(18-13)17-9-3-5-10(19)6-4-9/h8-10,19H,2-7H2,1H3,(H2,15,16,17,18). The van der Waals surface area contributed by atoms with Crippen molar-refractivity contribution in [2.24, 2.45) is 0 Å². The summed E-state index contributed by atoms with van der Waals surface area (Å²) in [5.41, 5.74) is 0. The summed E-state index contributed by atoms with van der Waals surface area (Å²) in [7, 11) is 0. The Hall–Kier alpha value is -0.880. The second kappa shape index (κ2) is 7.05. The molecule has 106 valence electrons. The number of aliphatic hydroxyl groups excluding tert-OH is 1.